The summed E-state index contributed by atoms with van der Waals surface area (Å²) in [6, 6.07) is 6.40. The monoisotopic (exact) mass is 338 g/mol. The molecule has 2 aromatic heterocycles. The van der Waals surface area contributed by atoms with Gasteiger partial charge in [0.2, 0.25) is 0 Å². The number of nitrogens with zero attached hydrogens (tertiary/aromatic N) is 3. The fourth-order valence-corrected chi connectivity index (χ4v) is 2.94. The van der Waals surface area contributed by atoms with Gasteiger partial charge in [-0.15, -0.1) is 0 Å². The minimum atomic E-state index is -0.330. The summed E-state index contributed by atoms with van der Waals surface area (Å²) in [4.78, 5) is 7.91. The van der Waals surface area contributed by atoms with Crippen molar-refractivity contribution in [2.24, 2.45) is 0 Å². The smallest absolute Gasteiger partial charge is 0.134 e. The summed E-state index contributed by atoms with van der Waals surface area (Å²) in [6.45, 7) is 3.27. The molecule has 4 nitrogen and oxygen atoms in total. The molecular weight excluding hydrogens is 326 g/mol. The van der Waals surface area contributed by atoms with Crippen LogP contribution >= 0.6 is 23.2 Å². The van der Waals surface area contributed by atoms with E-state index >= 15 is 0 Å². The number of hydrogen-bond donors (Lipinski definition) is 1. The maximum Gasteiger partial charge on any atom is 0.134 e. The Morgan fingerprint density at radius 2 is 2.00 bits per heavy atom. The molecule has 7 heteroatoms. The first-order valence-electron chi connectivity index (χ1n) is 6.71. The Labute approximate surface area is 136 Å². The Morgan fingerprint density at radius 1 is 1.18 bits per heavy atom. The third-order valence-electron chi connectivity index (χ3n) is 3.39. The highest BCUT2D eigenvalue weighted by molar-refractivity contribution is 6.35. The number of anilines is 1. The topological polar surface area (TPSA) is 42.7 Å². The number of hydrogen-bond acceptors (Lipinski definition) is 3. The van der Waals surface area contributed by atoms with E-state index in [1.165, 1.54) is 18.5 Å². The van der Waals surface area contributed by atoms with E-state index in [9.17, 15) is 4.39 Å². The Bertz CT molecular complexity index is 832. The Hall–Kier alpha value is -1.85. The number of aryl methyl sites for hydroxylation is 1. The van der Waals surface area contributed by atoms with Gasteiger partial charge in [0.25, 0.3) is 0 Å². The average molecular weight is 339 g/mol. The lowest BCUT2D eigenvalue weighted by Gasteiger charge is -2.11. The van der Waals surface area contributed by atoms with Crippen molar-refractivity contribution in [3.05, 3.63) is 52.3 Å². The minimum Gasteiger partial charge on any atom is -0.368 e. The SMILES string of the molecule is Cc1cc2cc(F)cc(Cl)c2n1CCNc1cc(Cl)ncn1. The molecule has 1 aromatic carbocycles. The highest BCUT2D eigenvalue weighted by Crippen LogP contribution is 2.28. The van der Waals surface area contributed by atoms with Crippen LogP contribution in [-0.4, -0.2) is 21.1 Å². The van der Waals surface area contributed by atoms with Crippen molar-refractivity contribution in [3.63, 3.8) is 0 Å². The maximum absolute atomic E-state index is 13.4. The lowest BCUT2D eigenvalue weighted by molar-refractivity contribution is 0.629. The molecular formula is C15H13Cl2FN4. The van der Waals surface area contributed by atoms with Crippen molar-refractivity contribution in [2.75, 3.05) is 11.9 Å². The van der Waals surface area contributed by atoms with Gasteiger partial charge in [0.15, 0.2) is 0 Å². The second-order valence-corrected chi connectivity index (χ2v) is 5.71. The van der Waals surface area contributed by atoms with Gasteiger partial charge in [0.1, 0.15) is 23.1 Å². The predicted octanol–water partition coefficient (Wildman–Crippen LogP) is 4.30. The van der Waals surface area contributed by atoms with E-state index in [0.717, 1.165) is 16.6 Å². The van der Waals surface area contributed by atoms with Crippen LogP contribution in [0.25, 0.3) is 10.9 Å². The molecule has 0 saturated heterocycles. The van der Waals surface area contributed by atoms with Gasteiger partial charge >= 0.3 is 0 Å². The Morgan fingerprint density at radius 3 is 2.77 bits per heavy atom. The van der Waals surface area contributed by atoms with Crippen LogP contribution in [0.5, 0.6) is 0 Å². The Kier molecular flexibility index (Phi) is 4.18. The molecule has 3 aromatic rings. The zero-order valence-corrected chi connectivity index (χ0v) is 13.3. The molecule has 0 bridgehead atoms. The molecule has 0 amide bonds. The van der Waals surface area contributed by atoms with Crippen LogP contribution in [0.1, 0.15) is 5.69 Å². The Balaban J connectivity index is 1.81. The summed E-state index contributed by atoms with van der Waals surface area (Å²) in [5.41, 5.74) is 1.85. The van der Waals surface area contributed by atoms with E-state index in [2.05, 4.69) is 15.3 Å². The van der Waals surface area contributed by atoms with E-state index in [1.54, 1.807) is 6.07 Å². The molecule has 2 heterocycles. The molecule has 1 N–H and O–H groups in total. The van der Waals surface area contributed by atoms with Crippen molar-refractivity contribution >= 4 is 39.9 Å². The normalized spacial score (nSPS) is 11.1. The van der Waals surface area contributed by atoms with Crippen molar-refractivity contribution < 1.29 is 4.39 Å². The van der Waals surface area contributed by atoms with E-state index < -0.39 is 0 Å². The van der Waals surface area contributed by atoms with Crippen LogP contribution in [0.3, 0.4) is 0 Å². The molecule has 0 aliphatic heterocycles. The van der Waals surface area contributed by atoms with Crippen LogP contribution in [0.15, 0.2) is 30.6 Å². The van der Waals surface area contributed by atoms with E-state index in [1.807, 2.05) is 17.6 Å². The molecule has 114 valence electrons. The second kappa shape index (κ2) is 6.10. The third-order valence-corrected chi connectivity index (χ3v) is 3.89. The molecule has 0 radical (unpaired) electrons. The van der Waals surface area contributed by atoms with E-state index in [-0.39, 0.29) is 5.82 Å². The first-order chi connectivity index (χ1) is 10.5. The largest absolute Gasteiger partial charge is 0.368 e. The summed E-state index contributed by atoms with van der Waals surface area (Å²) in [6.07, 6.45) is 1.40. The van der Waals surface area contributed by atoms with Gasteiger partial charge in [-0.1, -0.05) is 23.2 Å². The summed E-state index contributed by atoms with van der Waals surface area (Å²) >= 11 is 12.0. The molecule has 22 heavy (non-hydrogen) atoms. The molecule has 0 atom stereocenters. The molecule has 0 aliphatic carbocycles. The van der Waals surface area contributed by atoms with Gasteiger partial charge in [-0.25, -0.2) is 14.4 Å². The number of rotatable bonds is 4. The molecule has 0 fully saturated rings. The standard InChI is InChI=1S/C15H13Cl2FN4/c1-9-4-10-5-11(18)6-12(16)15(10)22(9)3-2-19-14-7-13(17)20-8-21-14/h4-8H,2-3H2,1H3,(H,19,20,21). The number of fused-ring (bicyclic) bond motifs is 1. The second-order valence-electron chi connectivity index (χ2n) is 4.92. The molecule has 3 rings (SSSR count). The van der Waals surface area contributed by atoms with Crippen LogP contribution in [0.4, 0.5) is 10.2 Å². The average Bonchev–Trinajstić information content (AvgIpc) is 2.75. The van der Waals surface area contributed by atoms with E-state index in [4.69, 9.17) is 23.2 Å². The molecule has 0 spiro atoms. The first-order valence-corrected chi connectivity index (χ1v) is 7.46. The highest BCUT2D eigenvalue weighted by Gasteiger charge is 2.11. The van der Waals surface area contributed by atoms with Gasteiger partial charge in [0, 0.05) is 30.2 Å². The summed E-state index contributed by atoms with van der Waals surface area (Å²) in [7, 11) is 0. The van der Waals surface area contributed by atoms with Gasteiger partial charge in [-0.2, -0.15) is 0 Å². The predicted molar refractivity (Wildman–Crippen MR) is 87.2 cm³/mol. The fraction of sp³-hybridized carbons (Fsp3) is 0.200. The van der Waals surface area contributed by atoms with Gasteiger partial charge < -0.3 is 9.88 Å². The zero-order chi connectivity index (χ0) is 15.7. The van der Waals surface area contributed by atoms with Gasteiger partial charge in [0.05, 0.1) is 10.5 Å². The number of benzene rings is 1. The van der Waals surface area contributed by atoms with Crippen LogP contribution in [0, 0.1) is 12.7 Å². The van der Waals surface area contributed by atoms with Crippen molar-refractivity contribution in [1.29, 1.82) is 0 Å². The quantitative estimate of drug-likeness (QED) is 0.721. The highest BCUT2D eigenvalue weighted by atomic mass is 35.5. The molecule has 0 aliphatic rings. The van der Waals surface area contributed by atoms with Crippen LogP contribution in [-0.2, 0) is 6.54 Å². The fourth-order valence-electron chi connectivity index (χ4n) is 2.47. The van der Waals surface area contributed by atoms with Gasteiger partial charge in [-0.05, 0) is 25.1 Å². The minimum absolute atomic E-state index is 0.330. The van der Waals surface area contributed by atoms with Crippen LogP contribution in [0.2, 0.25) is 10.2 Å². The van der Waals surface area contributed by atoms with Crippen LogP contribution < -0.4 is 5.32 Å². The summed E-state index contributed by atoms with van der Waals surface area (Å²) in [5.74, 6) is 0.328. The third kappa shape index (κ3) is 3.00. The van der Waals surface area contributed by atoms with Crippen molar-refractivity contribution in [1.82, 2.24) is 14.5 Å². The molecule has 0 unspecified atom stereocenters. The zero-order valence-electron chi connectivity index (χ0n) is 11.8. The lowest BCUT2D eigenvalue weighted by Crippen LogP contribution is -2.12. The lowest BCUT2D eigenvalue weighted by atomic mass is 10.2. The van der Waals surface area contributed by atoms with Crippen molar-refractivity contribution in [3.8, 4) is 0 Å². The van der Waals surface area contributed by atoms with E-state index in [0.29, 0.717) is 29.1 Å². The summed E-state index contributed by atoms with van der Waals surface area (Å²) in [5, 5.41) is 4.77. The first kappa shape index (κ1) is 15.1. The number of aromatic nitrogens is 3. The maximum atomic E-state index is 13.4. The van der Waals surface area contributed by atoms with Gasteiger partial charge in [-0.3, -0.25) is 0 Å². The van der Waals surface area contributed by atoms with Crippen molar-refractivity contribution in [2.45, 2.75) is 13.5 Å². The molecule has 0 saturated carbocycles. The number of nitrogens with one attached hydrogen (secondary N) is 1. The number of halogens is 3. The summed E-state index contributed by atoms with van der Waals surface area (Å²) < 4.78 is 15.5.